The van der Waals surface area contributed by atoms with Gasteiger partial charge in [-0.2, -0.15) is 0 Å². The third kappa shape index (κ3) is 9.83. The van der Waals surface area contributed by atoms with Gasteiger partial charge >= 0.3 is 0 Å². The standard InChI is InChI=1S/C18H28BrClO2/c1-21-15-22-18(7-5-3-2-4-6-14-19)13-10-16-8-11-17(20)12-9-16/h8-9,11-12,18H,2-7,10,13-15H2,1H3. The normalized spacial score (nSPS) is 12.5. The van der Waals surface area contributed by atoms with E-state index in [0.29, 0.717) is 6.79 Å². The number of halogens is 2. The zero-order valence-corrected chi connectivity index (χ0v) is 15.9. The van der Waals surface area contributed by atoms with Crippen molar-refractivity contribution in [3.05, 3.63) is 34.9 Å². The summed E-state index contributed by atoms with van der Waals surface area (Å²) in [4.78, 5) is 0. The molecule has 0 N–H and O–H groups in total. The Morgan fingerprint density at radius 1 is 1.00 bits per heavy atom. The van der Waals surface area contributed by atoms with E-state index in [1.807, 2.05) is 12.1 Å². The number of ether oxygens (including phenoxy) is 2. The molecule has 2 nitrogen and oxygen atoms in total. The molecule has 0 aliphatic rings. The number of rotatable bonds is 13. The predicted octanol–water partition coefficient (Wildman–Crippen LogP) is 6.00. The van der Waals surface area contributed by atoms with Crippen molar-refractivity contribution in [3.63, 3.8) is 0 Å². The number of benzene rings is 1. The van der Waals surface area contributed by atoms with E-state index in [2.05, 4.69) is 28.1 Å². The van der Waals surface area contributed by atoms with Gasteiger partial charge in [-0.05, 0) is 43.4 Å². The summed E-state index contributed by atoms with van der Waals surface area (Å²) in [6, 6.07) is 8.09. The minimum atomic E-state index is 0.284. The molecule has 1 rings (SSSR count). The number of alkyl halides is 1. The van der Waals surface area contributed by atoms with E-state index >= 15 is 0 Å². The summed E-state index contributed by atoms with van der Waals surface area (Å²) in [6.07, 6.45) is 9.90. The van der Waals surface area contributed by atoms with Gasteiger partial charge in [0.1, 0.15) is 6.79 Å². The second-order valence-corrected chi connectivity index (χ2v) is 6.84. The summed E-state index contributed by atoms with van der Waals surface area (Å²) in [6.45, 7) is 0.384. The zero-order chi connectivity index (χ0) is 16.0. The molecule has 0 spiro atoms. The molecule has 4 heteroatoms. The molecule has 0 saturated carbocycles. The zero-order valence-electron chi connectivity index (χ0n) is 13.5. The smallest absolute Gasteiger partial charge is 0.146 e. The molecule has 1 aromatic rings. The summed E-state index contributed by atoms with van der Waals surface area (Å²) in [7, 11) is 1.68. The first kappa shape index (κ1) is 20.0. The van der Waals surface area contributed by atoms with Crippen molar-refractivity contribution in [3.8, 4) is 0 Å². The number of methoxy groups -OCH3 is 1. The highest BCUT2D eigenvalue weighted by molar-refractivity contribution is 9.09. The van der Waals surface area contributed by atoms with Gasteiger partial charge in [0.05, 0.1) is 6.10 Å². The van der Waals surface area contributed by atoms with Crippen molar-refractivity contribution in [2.75, 3.05) is 19.2 Å². The van der Waals surface area contributed by atoms with Crippen LogP contribution in [0.4, 0.5) is 0 Å². The Labute approximate surface area is 148 Å². The van der Waals surface area contributed by atoms with Crippen molar-refractivity contribution in [1.82, 2.24) is 0 Å². The van der Waals surface area contributed by atoms with E-state index in [4.69, 9.17) is 21.1 Å². The fraction of sp³-hybridized carbons (Fsp3) is 0.667. The molecule has 0 aliphatic heterocycles. The maximum absolute atomic E-state index is 5.92. The molecule has 0 aliphatic carbocycles. The average Bonchev–Trinajstić information content (AvgIpc) is 2.54. The Morgan fingerprint density at radius 2 is 1.68 bits per heavy atom. The molecule has 0 bridgehead atoms. The Morgan fingerprint density at radius 3 is 2.36 bits per heavy atom. The molecule has 22 heavy (non-hydrogen) atoms. The Kier molecular flexibility index (Phi) is 12.1. The highest BCUT2D eigenvalue weighted by atomic mass is 79.9. The van der Waals surface area contributed by atoms with Gasteiger partial charge in [-0.25, -0.2) is 0 Å². The van der Waals surface area contributed by atoms with Crippen molar-refractivity contribution in [2.24, 2.45) is 0 Å². The highest BCUT2D eigenvalue weighted by Gasteiger charge is 2.09. The number of unbranched alkanes of at least 4 members (excludes halogenated alkanes) is 4. The molecule has 1 unspecified atom stereocenters. The van der Waals surface area contributed by atoms with E-state index < -0.39 is 0 Å². The minimum absolute atomic E-state index is 0.284. The van der Waals surface area contributed by atoms with Crippen LogP contribution in [-0.2, 0) is 15.9 Å². The monoisotopic (exact) mass is 390 g/mol. The lowest BCUT2D eigenvalue weighted by atomic mass is 10.0. The van der Waals surface area contributed by atoms with Crippen molar-refractivity contribution in [2.45, 2.75) is 57.5 Å². The van der Waals surface area contributed by atoms with Crippen LogP contribution in [0, 0.1) is 0 Å². The van der Waals surface area contributed by atoms with Crippen molar-refractivity contribution < 1.29 is 9.47 Å². The summed E-state index contributed by atoms with van der Waals surface area (Å²) < 4.78 is 10.9. The third-order valence-corrected chi connectivity index (χ3v) is 4.56. The van der Waals surface area contributed by atoms with Gasteiger partial charge in [0.2, 0.25) is 0 Å². The van der Waals surface area contributed by atoms with Crippen LogP contribution in [-0.4, -0.2) is 25.3 Å². The van der Waals surface area contributed by atoms with E-state index in [1.54, 1.807) is 7.11 Å². The number of aryl methyl sites for hydroxylation is 1. The topological polar surface area (TPSA) is 18.5 Å². The molecule has 126 valence electrons. The molecule has 1 aromatic carbocycles. The molecule has 0 fully saturated rings. The van der Waals surface area contributed by atoms with Crippen LogP contribution in [0.15, 0.2) is 24.3 Å². The molecule has 0 saturated heterocycles. The summed E-state index contributed by atoms with van der Waals surface area (Å²) in [5.74, 6) is 0. The maximum atomic E-state index is 5.92. The van der Waals surface area contributed by atoms with Crippen LogP contribution >= 0.6 is 27.5 Å². The van der Waals surface area contributed by atoms with Crippen LogP contribution < -0.4 is 0 Å². The Hall–Kier alpha value is -0.0900. The fourth-order valence-corrected chi connectivity index (χ4v) is 2.97. The lowest BCUT2D eigenvalue weighted by Crippen LogP contribution is -2.15. The first-order valence-corrected chi connectivity index (χ1v) is 9.67. The van der Waals surface area contributed by atoms with Gasteiger partial charge < -0.3 is 9.47 Å². The van der Waals surface area contributed by atoms with Crippen LogP contribution in [0.1, 0.15) is 50.5 Å². The van der Waals surface area contributed by atoms with Crippen molar-refractivity contribution >= 4 is 27.5 Å². The Balaban J connectivity index is 2.25. The van der Waals surface area contributed by atoms with Gasteiger partial charge in [-0.1, -0.05) is 65.3 Å². The second kappa shape index (κ2) is 13.4. The quantitative estimate of drug-likeness (QED) is 0.233. The van der Waals surface area contributed by atoms with E-state index in [0.717, 1.165) is 29.6 Å². The lowest BCUT2D eigenvalue weighted by Gasteiger charge is -2.17. The summed E-state index contributed by atoms with van der Waals surface area (Å²) in [5.41, 5.74) is 1.31. The molecule has 0 heterocycles. The molecular weight excluding hydrogens is 364 g/mol. The maximum Gasteiger partial charge on any atom is 0.146 e. The van der Waals surface area contributed by atoms with Gasteiger partial charge in [-0.15, -0.1) is 0 Å². The minimum Gasteiger partial charge on any atom is -0.359 e. The summed E-state index contributed by atoms with van der Waals surface area (Å²) in [5, 5.41) is 1.91. The van der Waals surface area contributed by atoms with E-state index in [9.17, 15) is 0 Å². The second-order valence-electron chi connectivity index (χ2n) is 5.61. The van der Waals surface area contributed by atoms with Crippen LogP contribution in [0.25, 0.3) is 0 Å². The molecule has 1 atom stereocenters. The van der Waals surface area contributed by atoms with Gasteiger partial charge in [0.15, 0.2) is 0 Å². The van der Waals surface area contributed by atoms with Gasteiger partial charge in [0.25, 0.3) is 0 Å². The first-order chi connectivity index (χ1) is 10.8. The molecule has 0 radical (unpaired) electrons. The fourth-order valence-electron chi connectivity index (χ4n) is 2.45. The summed E-state index contributed by atoms with van der Waals surface area (Å²) >= 11 is 9.39. The van der Waals surface area contributed by atoms with E-state index in [1.165, 1.54) is 37.7 Å². The first-order valence-electron chi connectivity index (χ1n) is 8.17. The van der Waals surface area contributed by atoms with Crippen LogP contribution in [0.2, 0.25) is 5.02 Å². The van der Waals surface area contributed by atoms with Crippen LogP contribution in [0.5, 0.6) is 0 Å². The van der Waals surface area contributed by atoms with Gasteiger partial charge in [-0.3, -0.25) is 0 Å². The van der Waals surface area contributed by atoms with Crippen LogP contribution in [0.3, 0.4) is 0 Å². The number of hydrogen-bond donors (Lipinski definition) is 0. The SMILES string of the molecule is COCOC(CCCCCCCBr)CCc1ccc(Cl)cc1. The largest absolute Gasteiger partial charge is 0.359 e. The lowest BCUT2D eigenvalue weighted by molar-refractivity contribution is -0.0768. The molecule has 0 amide bonds. The highest BCUT2D eigenvalue weighted by Crippen LogP contribution is 2.16. The number of hydrogen-bond acceptors (Lipinski definition) is 2. The molecule has 0 aromatic heterocycles. The average molecular weight is 392 g/mol. The van der Waals surface area contributed by atoms with Gasteiger partial charge in [0, 0.05) is 17.5 Å². The Bertz CT molecular complexity index is 370. The van der Waals surface area contributed by atoms with Crippen molar-refractivity contribution in [1.29, 1.82) is 0 Å². The molecular formula is C18H28BrClO2. The van der Waals surface area contributed by atoms with E-state index in [-0.39, 0.29) is 6.10 Å². The predicted molar refractivity (Wildman–Crippen MR) is 98.0 cm³/mol. The third-order valence-electron chi connectivity index (χ3n) is 3.75.